The summed E-state index contributed by atoms with van der Waals surface area (Å²) < 4.78 is 0. The van der Waals surface area contributed by atoms with Crippen molar-refractivity contribution in [1.82, 2.24) is 9.97 Å². The summed E-state index contributed by atoms with van der Waals surface area (Å²) in [5, 5.41) is 11.7. The lowest BCUT2D eigenvalue weighted by Crippen LogP contribution is -2.00. The molecule has 1 heterocycles. The number of nitrogens with zero attached hydrogens (tertiary/aromatic N) is 3. The van der Waals surface area contributed by atoms with Gasteiger partial charge in [0.2, 0.25) is 0 Å². The molecule has 0 spiro atoms. The van der Waals surface area contributed by atoms with E-state index in [0.717, 1.165) is 61.7 Å². The Kier molecular flexibility index (Phi) is 7.82. The first-order chi connectivity index (χ1) is 24.2. The van der Waals surface area contributed by atoms with Crippen molar-refractivity contribution in [2.24, 2.45) is 0 Å². The van der Waals surface area contributed by atoms with Gasteiger partial charge in [-0.2, -0.15) is 5.26 Å². The number of nitriles is 1. The van der Waals surface area contributed by atoms with Crippen LogP contribution in [0.2, 0.25) is 0 Å². The smallest absolute Gasteiger partial charge is 0.160 e. The third kappa shape index (κ3) is 5.78. The number of rotatable bonds is 6. The molecule has 0 N–H and O–H groups in total. The molecule has 3 nitrogen and oxygen atoms in total. The third-order valence-electron chi connectivity index (χ3n) is 9.14. The van der Waals surface area contributed by atoms with Crippen LogP contribution < -0.4 is 0 Å². The maximum atomic E-state index is 9.33. The van der Waals surface area contributed by atoms with E-state index in [1.807, 2.05) is 48.5 Å². The standard InChI is InChI=1S/C46H31N3/c1-31-44(36-12-4-2-5-13-36)48-46(38-14-6-3-7-15-38)49-45(31)37-25-23-35(24-26-37)41-28-27-40(42-17-8-9-18-43(41)42)34-21-19-33(20-22-34)39-16-10-11-32(29-39)30-47/h2-29H,1H3. The van der Waals surface area contributed by atoms with Gasteiger partial charge in [0.05, 0.1) is 23.0 Å². The van der Waals surface area contributed by atoms with Crippen molar-refractivity contribution in [2.75, 3.05) is 0 Å². The van der Waals surface area contributed by atoms with Gasteiger partial charge >= 0.3 is 0 Å². The molecule has 0 aliphatic carbocycles. The highest BCUT2D eigenvalue weighted by Crippen LogP contribution is 2.38. The van der Waals surface area contributed by atoms with E-state index >= 15 is 0 Å². The molecule has 230 valence electrons. The monoisotopic (exact) mass is 625 g/mol. The highest BCUT2D eigenvalue weighted by atomic mass is 14.9. The minimum absolute atomic E-state index is 0.664. The van der Waals surface area contributed by atoms with E-state index in [9.17, 15) is 5.26 Å². The summed E-state index contributed by atoms with van der Waals surface area (Å²) in [6, 6.07) is 60.9. The predicted molar refractivity (Wildman–Crippen MR) is 202 cm³/mol. The molecule has 8 rings (SSSR count). The van der Waals surface area contributed by atoms with Gasteiger partial charge in [0.1, 0.15) is 0 Å². The van der Waals surface area contributed by atoms with Crippen LogP contribution in [0.5, 0.6) is 0 Å². The molecule has 0 radical (unpaired) electrons. The summed E-state index contributed by atoms with van der Waals surface area (Å²) in [5.74, 6) is 0.717. The number of aromatic nitrogens is 2. The van der Waals surface area contributed by atoms with Gasteiger partial charge in [-0.05, 0) is 63.2 Å². The van der Waals surface area contributed by atoms with E-state index in [4.69, 9.17) is 9.97 Å². The van der Waals surface area contributed by atoms with Crippen LogP contribution >= 0.6 is 0 Å². The molecule has 0 aliphatic rings. The Morgan fingerprint density at radius 1 is 0.408 bits per heavy atom. The topological polar surface area (TPSA) is 49.6 Å². The van der Waals surface area contributed by atoms with Gasteiger partial charge in [-0.3, -0.25) is 0 Å². The molecule has 0 atom stereocenters. The second-order valence-corrected chi connectivity index (χ2v) is 12.2. The molecule has 0 amide bonds. The van der Waals surface area contributed by atoms with Crippen molar-refractivity contribution < 1.29 is 0 Å². The Balaban J connectivity index is 1.16. The van der Waals surface area contributed by atoms with Crippen LogP contribution in [-0.2, 0) is 0 Å². The Labute approximate surface area is 286 Å². The van der Waals surface area contributed by atoms with Gasteiger partial charge in [0, 0.05) is 22.3 Å². The van der Waals surface area contributed by atoms with Crippen molar-refractivity contribution in [3.05, 3.63) is 181 Å². The number of benzene rings is 7. The van der Waals surface area contributed by atoms with Gasteiger partial charge in [0.25, 0.3) is 0 Å². The zero-order valence-electron chi connectivity index (χ0n) is 27.0. The molecular formula is C46H31N3. The molecule has 7 aromatic carbocycles. The quantitative estimate of drug-likeness (QED) is 0.185. The minimum Gasteiger partial charge on any atom is -0.228 e. The number of hydrogen-bond donors (Lipinski definition) is 0. The Morgan fingerprint density at radius 3 is 1.41 bits per heavy atom. The SMILES string of the molecule is Cc1c(-c2ccccc2)nc(-c2ccccc2)nc1-c1ccc(-c2ccc(-c3ccc(-c4cccc(C#N)c4)cc3)c3ccccc23)cc1. The van der Waals surface area contributed by atoms with Crippen molar-refractivity contribution in [3.8, 4) is 73.4 Å². The normalized spacial score (nSPS) is 10.9. The van der Waals surface area contributed by atoms with E-state index in [1.54, 1.807) is 0 Å². The van der Waals surface area contributed by atoms with Crippen LogP contribution in [-0.4, -0.2) is 9.97 Å². The molecular weight excluding hydrogens is 595 g/mol. The molecule has 0 unspecified atom stereocenters. The van der Waals surface area contributed by atoms with Gasteiger partial charge in [-0.25, -0.2) is 9.97 Å². The maximum absolute atomic E-state index is 9.33. The molecule has 0 saturated heterocycles. The van der Waals surface area contributed by atoms with E-state index in [2.05, 4.69) is 134 Å². The highest BCUT2D eigenvalue weighted by Gasteiger charge is 2.16. The van der Waals surface area contributed by atoms with E-state index < -0.39 is 0 Å². The number of fused-ring (bicyclic) bond motifs is 1. The predicted octanol–water partition coefficient (Wildman–Crippen LogP) is 11.8. The molecule has 49 heavy (non-hydrogen) atoms. The fraction of sp³-hybridized carbons (Fsp3) is 0.0217. The summed E-state index contributed by atoms with van der Waals surface area (Å²) in [6.07, 6.45) is 0. The van der Waals surface area contributed by atoms with Gasteiger partial charge in [0.15, 0.2) is 5.82 Å². The molecule has 1 aromatic heterocycles. The maximum Gasteiger partial charge on any atom is 0.160 e. The summed E-state index contributed by atoms with van der Waals surface area (Å²) in [7, 11) is 0. The van der Waals surface area contributed by atoms with Crippen molar-refractivity contribution >= 4 is 10.8 Å². The van der Waals surface area contributed by atoms with E-state index in [-0.39, 0.29) is 0 Å². The van der Waals surface area contributed by atoms with Crippen LogP contribution in [0.3, 0.4) is 0 Å². The van der Waals surface area contributed by atoms with E-state index in [0.29, 0.717) is 5.56 Å². The lowest BCUT2D eigenvalue weighted by atomic mass is 9.91. The molecule has 0 bridgehead atoms. The second kappa shape index (κ2) is 12.9. The molecule has 0 fully saturated rings. The van der Waals surface area contributed by atoms with E-state index in [1.165, 1.54) is 21.9 Å². The fourth-order valence-corrected chi connectivity index (χ4v) is 6.61. The number of hydrogen-bond acceptors (Lipinski definition) is 3. The first kappa shape index (κ1) is 29.8. The molecule has 0 aliphatic heterocycles. The third-order valence-corrected chi connectivity index (χ3v) is 9.14. The van der Waals surface area contributed by atoms with Crippen LogP contribution in [0.4, 0.5) is 0 Å². The van der Waals surface area contributed by atoms with Crippen LogP contribution in [0.25, 0.3) is 78.1 Å². The minimum atomic E-state index is 0.664. The summed E-state index contributed by atoms with van der Waals surface area (Å²) in [4.78, 5) is 10.1. The van der Waals surface area contributed by atoms with Crippen LogP contribution in [0.15, 0.2) is 170 Å². The average Bonchev–Trinajstić information content (AvgIpc) is 3.18. The zero-order chi connectivity index (χ0) is 33.2. The van der Waals surface area contributed by atoms with Crippen molar-refractivity contribution in [2.45, 2.75) is 6.92 Å². The van der Waals surface area contributed by atoms with Crippen LogP contribution in [0, 0.1) is 18.3 Å². The van der Waals surface area contributed by atoms with Gasteiger partial charge in [-0.1, -0.05) is 158 Å². The summed E-state index contributed by atoms with van der Waals surface area (Å²) >= 11 is 0. The first-order valence-electron chi connectivity index (χ1n) is 16.4. The Morgan fingerprint density at radius 2 is 0.857 bits per heavy atom. The van der Waals surface area contributed by atoms with Crippen LogP contribution in [0.1, 0.15) is 11.1 Å². The Hall–Kier alpha value is -6.63. The lowest BCUT2D eigenvalue weighted by molar-refractivity contribution is 1.15. The van der Waals surface area contributed by atoms with Gasteiger partial charge in [-0.15, -0.1) is 0 Å². The molecule has 8 aromatic rings. The molecule has 3 heteroatoms. The highest BCUT2D eigenvalue weighted by molar-refractivity contribution is 6.05. The largest absolute Gasteiger partial charge is 0.228 e. The fourth-order valence-electron chi connectivity index (χ4n) is 6.61. The first-order valence-corrected chi connectivity index (χ1v) is 16.4. The average molecular weight is 626 g/mol. The van der Waals surface area contributed by atoms with Crippen molar-refractivity contribution in [3.63, 3.8) is 0 Å². The lowest BCUT2D eigenvalue weighted by Gasteiger charge is -2.15. The van der Waals surface area contributed by atoms with Crippen molar-refractivity contribution in [1.29, 1.82) is 5.26 Å². The van der Waals surface area contributed by atoms with Gasteiger partial charge < -0.3 is 0 Å². The zero-order valence-corrected chi connectivity index (χ0v) is 27.0. The molecule has 0 saturated carbocycles. The second-order valence-electron chi connectivity index (χ2n) is 12.2. The summed E-state index contributed by atoms with van der Waals surface area (Å²) in [5.41, 5.74) is 13.5. The Bertz CT molecular complexity index is 2480. The summed E-state index contributed by atoms with van der Waals surface area (Å²) in [6.45, 7) is 2.11.